The summed E-state index contributed by atoms with van der Waals surface area (Å²) in [6.45, 7) is 2.82. The Kier molecular flexibility index (Phi) is 9.90. The van der Waals surface area contributed by atoms with Crippen molar-refractivity contribution < 1.29 is 27.7 Å². The van der Waals surface area contributed by atoms with E-state index in [4.69, 9.17) is 4.74 Å². The van der Waals surface area contributed by atoms with Crippen LogP contribution < -0.4 is 14.4 Å². The lowest BCUT2D eigenvalue weighted by Crippen LogP contribution is -2.53. The average molecular weight is 561 g/mol. The molecule has 0 spiro atoms. The highest BCUT2D eigenvalue weighted by Gasteiger charge is 2.33. The molecule has 1 fully saturated rings. The number of hydrogen-bond donors (Lipinski definition) is 1. The molecule has 0 bridgehead atoms. The Morgan fingerprint density at radius 3 is 2.46 bits per heavy atom. The van der Waals surface area contributed by atoms with Gasteiger partial charge >= 0.3 is 0 Å². The van der Waals surface area contributed by atoms with Gasteiger partial charge < -0.3 is 15.0 Å². The molecule has 0 aromatic heterocycles. The van der Waals surface area contributed by atoms with Crippen LogP contribution in [0.2, 0.25) is 0 Å². The van der Waals surface area contributed by atoms with Gasteiger partial charge in [0.15, 0.2) is 0 Å². The van der Waals surface area contributed by atoms with Gasteiger partial charge in [-0.1, -0.05) is 38.0 Å². The normalized spacial score (nSPS) is 14.5. The van der Waals surface area contributed by atoms with Crippen LogP contribution in [0.15, 0.2) is 42.5 Å². The van der Waals surface area contributed by atoms with Crippen LogP contribution in [0.4, 0.5) is 11.4 Å². The Bertz CT molecular complexity index is 1310. The molecule has 1 atom stereocenters. The van der Waals surface area contributed by atoms with Gasteiger partial charge in [0.1, 0.15) is 18.3 Å². The van der Waals surface area contributed by atoms with E-state index in [2.05, 4.69) is 5.32 Å². The maximum absolute atomic E-state index is 13.9. The van der Waals surface area contributed by atoms with Crippen molar-refractivity contribution in [3.05, 3.63) is 63.7 Å². The zero-order chi connectivity index (χ0) is 28.7. The van der Waals surface area contributed by atoms with Crippen LogP contribution in [0, 0.1) is 17.0 Å². The molecule has 0 aliphatic heterocycles. The first-order valence-electron chi connectivity index (χ1n) is 12.9. The fourth-order valence-corrected chi connectivity index (χ4v) is 5.73. The highest BCUT2D eigenvalue weighted by molar-refractivity contribution is 7.92. The number of carbonyl (C=O) groups excluding carboxylic acids is 2. The van der Waals surface area contributed by atoms with Crippen molar-refractivity contribution in [2.75, 3.05) is 24.2 Å². The second-order valence-corrected chi connectivity index (χ2v) is 11.7. The van der Waals surface area contributed by atoms with Crippen LogP contribution >= 0.6 is 0 Å². The summed E-state index contributed by atoms with van der Waals surface area (Å²) < 4.78 is 31.9. The van der Waals surface area contributed by atoms with Crippen LogP contribution in [-0.4, -0.2) is 62.0 Å². The van der Waals surface area contributed by atoms with Crippen molar-refractivity contribution in [3.8, 4) is 5.75 Å². The fourth-order valence-electron chi connectivity index (χ4n) is 4.83. The van der Waals surface area contributed by atoms with Crippen molar-refractivity contribution in [2.45, 2.75) is 64.6 Å². The minimum Gasteiger partial charge on any atom is -0.497 e. The molecule has 1 saturated carbocycles. The van der Waals surface area contributed by atoms with Crippen molar-refractivity contribution in [3.63, 3.8) is 0 Å². The molecule has 2 aromatic carbocycles. The zero-order valence-corrected chi connectivity index (χ0v) is 23.6. The van der Waals surface area contributed by atoms with Crippen molar-refractivity contribution in [2.24, 2.45) is 0 Å². The van der Waals surface area contributed by atoms with Gasteiger partial charge in [0.25, 0.3) is 5.69 Å². The summed E-state index contributed by atoms with van der Waals surface area (Å²) in [6, 6.07) is 10.1. The van der Waals surface area contributed by atoms with Crippen LogP contribution in [0.25, 0.3) is 0 Å². The summed E-state index contributed by atoms with van der Waals surface area (Å²) in [6.07, 6.45) is 5.05. The third kappa shape index (κ3) is 7.69. The number of hydrogen-bond acceptors (Lipinski definition) is 7. The maximum Gasteiger partial charge on any atom is 0.271 e. The first-order valence-corrected chi connectivity index (χ1v) is 14.7. The predicted octanol–water partition coefficient (Wildman–Crippen LogP) is 3.54. The Labute approximate surface area is 229 Å². The third-order valence-corrected chi connectivity index (χ3v) is 8.05. The molecule has 3 rings (SSSR count). The minimum atomic E-state index is -4.02. The second kappa shape index (κ2) is 12.9. The van der Waals surface area contributed by atoms with Gasteiger partial charge in [-0.2, -0.15) is 0 Å². The topological polar surface area (TPSA) is 139 Å². The molecule has 0 unspecified atom stereocenters. The van der Waals surface area contributed by atoms with Crippen LogP contribution in [-0.2, 0) is 26.2 Å². The number of rotatable bonds is 12. The van der Waals surface area contributed by atoms with E-state index >= 15 is 0 Å². The number of sulfonamides is 1. The number of ether oxygens (including phenoxy) is 1. The van der Waals surface area contributed by atoms with E-state index in [1.165, 1.54) is 24.1 Å². The average Bonchev–Trinajstić information content (AvgIpc) is 3.39. The van der Waals surface area contributed by atoms with E-state index in [1.807, 2.05) is 0 Å². The Balaban J connectivity index is 1.99. The van der Waals surface area contributed by atoms with E-state index in [9.17, 15) is 28.1 Å². The van der Waals surface area contributed by atoms with E-state index in [-0.39, 0.29) is 29.9 Å². The summed E-state index contributed by atoms with van der Waals surface area (Å²) in [7, 11) is -2.50. The highest BCUT2D eigenvalue weighted by atomic mass is 32.2. The van der Waals surface area contributed by atoms with Gasteiger partial charge in [-0.3, -0.25) is 24.0 Å². The van der Waals surface area contributed by atoms with E-state index < -0.39 is 33.4 Å². The van der Waals surface area contributed by atoms with Crippen molar-refractivity contribution in [1.82, 2.24) is 10.2 Å². The summed E-state index contributed by atoms with van der Waals surface area (Å²) >= 11 is 0. The largest absolute Gasteiger partial charge is 0.497 e. The molecule has 0 heterocycles. The number of nitro benzene ring substituents is 1. The number of nitrogens with one attached hydrogen (secondary N) is 1. The Hall–Kier alpha value is -3.67. The molecule has 0 saturated heterocycles. The Morgan fingerprint density at radius 1 is 1.18 bits per heavy atom. The SMILES string of the molecule is CC[C@H](C(=O)NC1CCCC1)N(Cc1cccc(OC)c1)C(=O)CN(c1cc([N+](=O)[O-])ccc1C)S(C)(=O)=O. The zero-order valence-electron chi connectivity index (χ0n) is 22.8. The number of non-ortho nitro benzene ring substituents is 1. The summed E-state index contributed by atoms with van der Waals surface area (Å²) in [5.74, 6) is -0.325. The quantitative estimate of drug-likeness (QED) is 0.309. The summed E-state index contributed by atoms with van der Waals surface area (Å²) in [5, 5.41) is 14.4. The number of amides is 2. The second-order valence-electron chi connectivity index (χ2n) is 9.78. The third-order valence-electron chi connectivity index (χ3n) is 6.93. The lowest BCUT2D eigenvalue weighted by atomic mass is 10.1. The molecule has 11 nitrogen and oxygen atoms in total. The standard InChI is InChI=1S/C27H36N4O7S/c1-5-24(27(33)28-21-10-6-7-11-21)29(17-20-9-8-12-23(15-20)38-3)26(32)18-30(39(4,36)37)25-16-22(31(34)35)14-13-19(25)2/h8-9,12-16,21,24H,5-7,10-11,17-18H2,1-4H3,(H,28,33)/t24-/m1/s1. The first kappa shape index (κ1) is 29.9. The van der Waals surface area contributed by atoms with Crippen LogP contribution in [0.1, 0.15) is 50.2 Å². The number of nitro groups is 1. The van der Waals surface area contributed by atoms with Gasteiger partial charge in [-0.25, -0.2) is 8.42 Å². The van der Waals surface area contributed by atoms with Crippen molar-refractivity contribution in [1.29, 1.82) is 0 Å². The monoisotopic (exact) mass is 560 g/mol. The molecule has 1 aliphatic rings. The number of anilines is 1. The van der Waals surface area contributed by atoms with Gasteiger partial charge in [0, 0.05) is 24.7 Å². The lowest BCUT2D eigenvalue weighted by molar-refractivity contribution is -0.384. The van der Waals surface area contributed by atoms with E-state index in [0.29, 0.717) is 23.3 Å². The lowest BCUT2D eigenvalue weighted by Gasteiger charge is -2.33. The molecule has 2 amide bonds. The molecule has 12 heteroatoms. The van der Waals surface area contributed by atoms with E-state index in [1.54, 1.807) is 38.1 Å². The molecule has 39 heavy (non-hydrogen) atoms. The minimum absolute atomic E-state index is 0.0323. The van der Waals surface area contributed by atoms with Crippen molar-refractivity contribution >= 4 is 33.2 Å². The molecular formula is C27H36N4O7S. The van der Waals surface area contributed by atoms with Gasteiger partial charge in [0.2, 0.25) is 21.8 Å². The maximum atomic E-state index is 13.9. The molecule has 2 aromatic rings. The smallest absolute Gasteiger partial charge is 0.271 e. The van der Waals surface area contributed by atoms with Crippen LogP contribution in [0.5, 0.6) is 5.75 Å². The summed E-state index contributed by atoms with van der Waals surface area (Å²) in [4.78, 5) is 39.4. The number of nitrogens with zero attached hydrogens (tertiary/aromatic N) is 3. The molecule has 1 N–H and O–H groups in total. The summed E-state index contributed by atoms with van der Waals surface area (Å²) in [5.41, 5.74) is 0.883. The number of benzene rings is 2. The number of methoxy groups -OCH3 is 1. The Morgan fingerprint density at radius 2 is 1.87 bits per heavy atom. The van der Waals surface area contributed by atoms with Gasteiger partial charge in [-0.05, 0) is 49.4 Å². The predicted molar refractivity (Wildman–Crippen MR) is 148 cm³/mol. The molecule has 212 valence electrons. The molecular weight excluding hydrogens is 524 g/mol. The molecule has 1 aliphatic carbocycles. The number of aryl methyl sites for hydroxylation is 1. The van der Waals surface area contributed by atoms with Gasteiger partial charge in [-0.15, -0.1) is 0 Å². The van der Waals surface area contributed by atoms with Crippen LogP contribution in [0.3, 0.4) is 0 Å². The molecule has 0 radical (unpaired) electrons. The van der Waals surface area contributed by atoms with Gasteiger partial charge in [0.05, 0.1) is 24.0 Å². The fraction of sp³-hybridized carbons (Fsp3) is 0.481. The first-order chi connectivity index (χ1) is 18.4. The number of carbonyl (C=O) groups is 2. The van der Waals surface area contributed by atoms with E-state index in [0.717, 1.165) is 42.3 Å². The highest BCUT2D eigenvalue weighted by Crippen LogP contribution is 2.28.